The van der Waals surface area contributed by atoms with E-state index in [9.17, 15) is 4.79 Å². The number of para-hydroxylation sites is 2. The minimum atomic E-state index is -0.224. The van der Waals surface area contributed by atoms with Crippen LogP contribution in [0, 0.1) is 0 Å². The van der Waals surface area contributed by atoms with Crippen molar-refractivity contribution >= 4 is 28.5 Å². The van der Waals surface area contributed by atoms with Gasteiger partial charge in [-0.05, 0) is 54.1 Å². The Morgan fingerprint density at radius 1 is 1.00 bits per heavy atom. The van der Waals surface area contributed by atoms with Crippen molar-refractivity contribution in [3.8, 4) is 11.5 Å². The summed E-state index contributed by atoms with van der Waals surface area (Å²) in [7, 11) is 1.65. The van der Waals surface area contributed by atoms with Gasteiger partial charge in [-0.15, -0.1) is 0 Å². The SMILES string of the molecule is COc1ccc(Cn2c(CNC(=O)COc3ccc(Cl)cc3)nc3ccccc32)cc1. The van der Waals surface area contributed by atoms with Gasteiger partial charge in [0.15, 0.2) is 6.61 Å². The summed E-state index contributed by atoms with van der Waals surface area (Å²) in [5, 5.41) is 3.51. The minimum absolute atomic E-state index is 0.0830. The predicted octanol–water partition coefficient (Wildman–Crippen LogP) is 4.44. The summed E-state index contributed by atoms with van der Waals surface area (Å²) in [5.41, 5.74) is 3.01. The summed E-state index contributed by atoms with van der Waals surface area (Å²) in [5.74, 6) is 1.95. The van der Waals surface area contributed by atoms with Gasteiger partial charge < -0.3 is 19.4 Å². The number of amides is 1. The number of aromatic nitrogens is 2. The molecular formula is C24H22ClN3O3. The topological polar surface area (TPSA) is 65.4 Å². The number of nitrogens with one attached hydrogen (secondary N) is 1. The Bertz CT molecular complexity index is 1170. The van der Waals surface area contributed by atoms with E-state index in [4.69, 9.17) is 26.1 Å². The van der Waals surface area contributed by atoms with E-state index in [0.717, 1.165) is 28.2 Å². The normalized spacial score (nSPS) is 10.8. The highest BCUT2D eigenvalue weighted by molar-refractivity contribution is 6.30. The summed E-state index contributed by atoms with van der Waals surface area (Å²) in [6.07, 6.45) is 0. The average Bonchev–Trinajstić information content (AvgIpc) is 3.15. The summed E-state index contributed by atoms with van der Waals surface area (Å²) in [4.78, 5) is 17.0. The molecule has 4 aromatic rings. The molecular weight excluding hydrogens is 414 g/mol. The van der Waals surface area contributed by atoms with Gasteiger partial charge in [-0.2, -0.15) is 0 Å². The number of nitrogens with zero attached hydrogens (tertiary/aromatic N) is 2. The first-order valence-electron chi connectivity index (χ1n) is 9.84. The first kappa shape index (κ1) is 20.8. The minimum Gasteiger partial charge on any atom is -0.497 e. The van der Waals surface area contributed by atoms with Gasteiger partial charge in [0.05, 0.1) is 24.7 Å². The van der Waals surface area contributed by atoms with Crippen molar-refractivity contribution in [1.82, 2.24) is 14.9 Å². The molecule has 1 heterocycles. The van der Waals surface area contributed by atoms with E-state index in [1.807, 2.05) is 48.5 Å². The number of rotatable bonds is 8. The molecule has 1 aromatic heterocycles. The lowest BCUT2D eigenvalue weighted by atomic mass is 10.2. The number of hydrogen-bond acceptors (Lipinski definition) is 4. The summed E-state index contributed by atoms with van der Waals surface area (Å²) < 4.78 is 12.9. The van der Waals surface area contributed by atoms with Crippen molar-refractivity contribution in [1.29, 1.82) is 0 Å². The smallest absolute Gasteiger partial charge is 0.258 e. The molecule has 0 aliphatic rings. The van der Waals surface area contributed by atoms with Crippen molar-refractivity contribution in [2.45, 2.75) is 13.1 Å². The van der Waals surface area contributed by atoms with Crippen molar-refractivity contribution in [2.75, 3.05) is 13.7 Å². The maximum Gasteiger partial charge on any atom is 0.258 e. The molecule has 0 atom stereocenters. The number of halogens is 1. The number of carbonyl (C=O) groups excluding carboxylic acids is 1. The molecule has 7 heteroatoms. The molecule has 0 aliphatic carbocycles. The fourth-order valence-electron chi connectivity index (χ4n) is 3.26. The number of benzene rings is 3. The molecule has 158 valence electrons. The van der Waals surface area contributed by atoms with E-state index < -0.39 is 0 Å². The highest BCUT2D eigenvalue weighted by Crippen LogP contribution is 2.20. The number of carbonyl (C=O) groups is 1. The lowest BCUT2D eigenvalue weighted by molar-refractivity contribution is -0.123. The highest BCUT2D eigenvalue weighted by atomic mass is 35.5. The molecule has 0 fully saturated rings. The number of ether oxygens (including phenoxy) is 2. The molecule has 3 aromatic carbocycles. The van der Waals surface area contributed by atoms with Gasteiger partial charge in [0.1, 0.15) is 17.3 Å². The van der Waals surface area contributed by atoms with E-state index in [1.165, 1.54) is 0 Å². The standard InChI is InChI=1S/C24H22ClN3O3/c1-30-19-10-6-17(7-11-19)15-28-22-5-3-2-4-21(22)27-23(28)14-26-24(29)16-31-20-12-8-18(25)9-13-20/h2-13H,14-16H2,1H3,(H,26,29). The first-order chi connectivity index (χ1) is 15.1. The van der Waals surface area contributed by atoms with Crippen LogP contribution < -0.4 is 14.8 Å². The average molecular weight is 436 g/mol. The van der Waals surface area contributed by atoms with E-state index >= 15 is 0 Å². The molecule has 0 radical (unpaired) electrons. The molecule has 1 amide bonds. The molecule has 31 heavy (non-hydrogen) atoms. The third kappa shape index (κ3) is 5.16. The fourth-order valence-corrected chi connectivity index (χ4v) is 3.38. The summed E-state index contributed by atoms with van der Waals surface area (Å²) in [6.45, 7) is 0.852. The Kier molecular flexibility index (Phi) is 6.38. The Labute approximate surface area is 185 Å². The Morgan fingerprint density at radius 3 is 2.45 bits per heavy atom. The molecule has 4 rings (SSSR count). The van der Waals surface area contributed by atoms with Crippen LogP contribution in [0.15, 0.2) is 72.8 Å². The van der Waals surface area contributed by atoms with Crippen LogP contribution in [0.4, 0.5) is 0 Å². The van der Waals surface area contributed by atoms with Crippen LogP contribution in [-0.2, 0) is 17.9 Å². The predicted molar refractivity (Wildman–Crippen MR) is 121 cm³/mol. The van der Waals surface area contributed by atoms with Crippen LogP contribution in [0.2, 0.25) is 5.02 Å². The van der Waals surface area contributed by atoms with Crippen molar-refractivity contribution in [3.05, 3.63) is 89.2 Å². The maximum atomic E-state index is 12.3. The van der Waals surface area contributed by atoms with E-state index in [1.54, 1.807) is 31.4 Å². The van der Waals surface area contributed by atoms with Crippen LogP contribution in [0.3, 0.4) is 0 Å². The Hall–Kier alpha value is -3.51. The number of imidazole rings is 1. The van der Waals surface area contributed by atoms with E-state index in [-0.39, 0.29) is 12.5 Å². The third-order valence-corrected chi connectivity index (χ3v) is 5.11. The number of fused-ring (bicyclic) bond motifs is 1. The molecule has 0 aliphatic heterocycles. The number of methoxy groups -OCH3 is 1. The maximum absolute atomic E-state index is 12.3. The Balaban J connectivity index is 1.45. The van der Waals surface area contributed by atoms with E-state index in [2.05, 4.69) is 9.88 Å². The molecule has 6 nitrogen and oxygen atoms in total. The second-order valence-corrected chi connectivity index (χ2v) is 7.41. The molecule has 0 bridgehead atoms. The van der Waals surface area contributed by atoms with Gasteiger partial charge in [0, 0.05) is 11.6 Å². The highest BCUT2D eigenvalue weighted by Gasteiger charge is 2.12. The van der Waals surface area contributed by atoms with Crippen LogP contribution in [-0.4, -0.2) is 29.2 Å². The largest absolute Gasteiger partial charge is 0.497 e. The monoisotopic (exact) mass is 435 g/mol. The second-order valence-electron chi connectivity index (χ2n) is 6.97. The van der Waals surface area contributed by atoms with Gasteiger partial charge >= 0.3 is 0 Å². The van der Waals surface area contributed by atoms with Gasteiger partial charge in [-0.25, -0.2) is 4.98 Å². The lowest BCUT2D eigenvalue weighted by Crippen LogP contribution is -2.29. The Morgan fingerprint density at radius 2 is 1.71 bits per heavy atom. The third-order valence-electron chi connectivity index (χ3n) is 4.86. The summed E-state index contributed by atoms with van der Waals surface area (Å²) in [6, 6.07) is 22.7. The zero-order chi connectivity index (χ0) is 21.6. The van der Waals surface area contributed by atoms with Crippen LogP contribution in [0.1, 0.15) is 11.4 Å². The molecule has 0 saturated carbocycles. The first-order valence-corrected chi connectivity index (χ1v) is 10.2. The summed E-state index contributed by atoms with van der Waals surface area (Å²) >= 11 is 5.86. The van der Waals surface area contributed by atoms with Crippen LogP contribution in [0.5, 0.6) is 11.5 Å². The zero-order valence-corrected chi connectivity index (χ0v) is 17.8. The zero-order valence-electron chi connectivity index (χ0n) is 17.0. The van der Waals surface area contributed by atoms with Gasteiger partial charge in [-0.3, -0.25) is 4.79 Å². The number of hydrogen-bond donors (Lipinski definition) is 1. The molecule has 0 saturated heterocycles. The van der Waals surface area contributed by atoms with Crippen molar-refractivity contribution in [3.63, 3.8) is 0 Å². The van der Waals surface area contributed by atoms with Gasteiger partial charge in [-0.1, -0.05) is 35.9 Å². The van der Waals surface area contributed by atoms with E-state index in [0.29, 0.717) is 23.9 Å². The van der Waals surface area contributed by atoms with Crippen LogP contribution >= 0.6 is 11.6 Å². The molecule has 0 spiro atoms. The molecule has 0 unspecified atom stereocenters. The second kappa shape index (κ2) is 9.53. The lowest BCUT2D eigenvalue weighted by Gasteiger charge is -2.11. The van der Waals surface area contributed by atoms with Crippen molar-refractivity contribution in [2.24, 2.45) is 0 Å². The molecule has 1 N–H and O–H groups in total. The fraction of sp³-hybridized carbons (Fsp3) is 0.167. The van der Waals surface area contributed by atoms with Gasteiger partial charge in [0.25, 0.3) is 5.91 Å². The van der Waals surface area contributed by atoms with Gasteiger partial charge in [0.2, 0.25) is 0 Å². The quantitative estimate of drug-likeness (QED) is 0.444. The van der Waals surface area contributed by atoms with Crippen LogP contribution in [0.25, 0.3) is 11.0 Å². The van der Waals surface area contributed by atoms with Crippen molar-refractivity contribution < 1.29 is 14.3 Å².